The summed E-state index contributed by atoms with van der Waals surface area (Å²) in [4.78, 5) is 14.2. The monoisotopic (exact) mass is 281 g/mol. The fraction of sp³-hybridized carbons (Fsp3) is 0.800. The molecule has 3 nitrogen and oxygen atoms in total. The van der Waals surface area contributed by atoms with Crippen molar-refractivity contribution >= 4 is 14.2 Å². The molecule has 0 aromatic heterocycles. The molecule has 2 heterocycles. The number of nitrogens with zero attached hydrogens (tertiary/aromatic N) is 1. The molecular formula is C15H27NO2Si. The molecule has 1 amide bonds. The summed E-state index contributed by atoms with van der Waals surface area (Å²) in [5.74, 6) is 0.275. The molecule has 0 saturated carbocycles. The molecule has 2 aliphatic rings. The van der Waals surface area contributed by atoms with Gasteiger partial charge in [-0.1, -0.05) is 32.9 Å². The van der Waals surface area contributed by atoms with Crippen molar-refractivity contribution in [1.82, 2.24) is 4.90 Å². The van der Waals surface area contributed by atoms with E-state index in [2.05, 4.69) is 46.0 Å². The number of fused-ring (bicyclic) bond motifs is 1. The zero-order valence-electron chi connectivity index (χ0n) is 12.9. The standard InChI is InChI=1S/C15H27NO2Si/c1-15(2,3)19(4,5)18-13-11-14(17)16-10-8-6-7-9-12(13)16/h6-7,12-13H,8-11H2,1-5H3/t12-,13-/m1/s1. The first-order valence-corrected chi connectivity index (χ1v) is 10.3. The molecule has 0 bridgehead atoms. The van der Waals surface area contributed by atoms with Crippen molar-refractivity contribution in [2.75, 3.05) is 6.54 Å². The molecule has 1 saturated heterocycles. The highest BCUT2D eigenvalue weighted by Crippen LogP contribution is 2.40. The Bertz CT molecular complexity index is 384. The molecule has 19 heavy (non-hydrogen) atoms. The Labute approximate surface area is 118 Å². The quantitative estimate of drug-likeness (QED) is 0.574. The summed E-state index contributed by atoms with van der Waals surface area (Å²) in [5, 5.41) is 0.198. The van der Waals surface area contributed by atoms with E-state index in [0.29, 0.717) is 6.42 Å². The third-order valence-corrected chi connectivity index (χ3v) is 9.36. The first-order chi connectivity index (χ1) is 8.72. The van der Waals surface area contributed by atoms with E-state index in [1.807, 2.05) is 4.90 Å². The summed E-state index contributed by atoms with van der Waals surface area (Å²) in [6.45, 7) is 12.2. The molecule has 1 fully saturated rings. The third kappa shape index (κ3) is 2.94. The van der Waals surface area contributed by atoms with Crippen LogP contribution in [0, 0.1) is 0 Å². The van der Waals surface area contributed by atoms with Crippen molar-refractivity contribution < 1.29 is 9.22 Å². The van der Waals surface area contributed by atoms with Crippen LogP contribution in [0.15, 0.2) is 12.2 Å². The fourth-order valence-corrected chi connectivity index (χ4v) is 3.97. The maximum absolute atomic E-state index is 12.1. The van der Waals surface area contributed by atoms with E-state index in [9.17, 15) is 4.79 Å². The van der Waals surface area contributed by atoms with Crippen LogP contribution < -0.4 is 0 Å². The molecule has 108 valence electrons. The summed E-state index contributed by atoms with van der Waals surface area (Å²) >= 11 is 0. The minimum atomic E-state index is -1.80. The topological polar surface area (TPSA) is 29.5 Å². The molecule has 0 aromatic rings. The lowest BCUT2D eigenvalue weighted by molar-refractivity contribution is -0.128. The number of hydrogen-bond acceptors (Lipinski definition) is 2. The minimum absolute atomic E-state index is 0.0936. The highest BCUT2D eigenvalue weighted by atomic mass is 28.4. The zero-order valence-corrected chi connectivity index (χ0v) is 13.9. The molecule has 0 N–H and O–H groups in total. The fourth-order valence-electron chi connectivity index (χ4n) is 2.62. The number of carbonyl (C=O) groups is 1. The van der Waals surface area contributed by atoms with Crippen LogP contribution in [0.25, 0.3) is 0 Å². The van der Waals surface area contributed by atoms with Gasteiger partial charge in [0.15, 0.2) is 8.32 Å². The van der Waals surface area contributed by atoms with E-state index in [4.69, 9.17) is 4.43 Å². The van der Waals surface area contributed by atoms with Crippen LogP contribution in [0.2, 0.25) is 18.1 Å². The van der Waals surface area contributed by atoms with Gasteiger partial charge in [0.1, 0.15) is 0 Å². The number of carbonyl (C=O) groups excluding carboxylic acids is 1. The van der Waals surface area contributed by atoms with Gasteiger partial charge in [-0.2, -0.15) is 0 Å². The zero-order chi connectivity index (χ0) is 14.3. The molecule has 0 unspecified atom stereocenters. The van der Waals surface area contributed by atoms with Gasteiger partial charge in [-0.3, -0.25) is 4.79 Å². The van der Waals surface area contributed by atoms with Crippen molar-refractivity contribution in [3.63, 3.8) is 0 Å². The Morgan fingerprint density at radius 2 is 2.00 bits per heavy atom. The van der Waals surface area contributed by atoms with Crippen molar-refractivity contribution in [3.05, 3.63) is 12.2 Å². The predicted octanol–water partition coefficient (Wildman–Crippen LogP) is 3.33. The molecule has 2 atom stereocenters. The lowest BCUT2D eigenvalue weighted by Crippen LogP contribution is -2.47. The highest BCUT2D eigenvalue weighted by molar-refractivity contribution is 6.74. The van der Waals surface area contributed by atoms with Crippen LogP contribution in [0.3, 0.4) is 0 Å². The molecule has 0 radical (unpaired) electrons. The Hall–Kier alpha value is -0.613. The predicted molar refractivity (Wildman–Crippen MR) is 80.6 cm³/mol. The average molecular weight is 281 g/mol. The van der Waals surface area contributed by atoms with Crippen LogP contribution in [-0.2, 0) is 9.22 Å². The largest absolute Gasteiger partial charge is 0.411 e. The Morgan fingerprint density at radius 1 is 1.32 bits per heavy atom. The summed E-state index contributed by atoms with van der Waals surface area (Å²) < 4.78 is 6.50. The molecule has 4 heteroatoms. The maximum atomic E-state index is 12.1. The third-order valence-electron chi connectivity index (χ3n) is 4.86. The van der Waals surface area contributed by atoms with Crippen molar-refractivity contribution in [3.8, 4) is 0 Å². The van der Waals surface area contributed by atoms with E-state index in [1.54, 1.807) is 0 Å². The van der Waals surface area contributed by atoms with Crippen LogP contribution in [-0.4, -0.2) is 37.8 Å². The Morgan fingerprint density at radius 3 is 2.63 bits per heavy atom. The highest BCUT2D eigenvalue weighted by Gasteiger charge is 2.46. The van der Waals surface area contributed by atoms with E-state index >= 15 is 0 Å². The Balaban J connectivity index is 2.13. The molecule has 0 aromatic carbocycles. The molecule has 2 aliphatic heterocycles. The number of rotatable bonds is 2. The Kier molecular flexibility index (Phi) is 3.94. The van der Waals surface area contributed by atoms with Gasteiger partial charge < -0.3 is 9.33 Å². The molecular weight excluding hydrogens is 254 g/mol. The molecule has 2 rings (SSSR count). The van der Waals surface area contributed by atoms with Crippen LogP contribution in [0.5, 0.6) is 0 Å². The van der Waals surface area contributed by atoms with Crippen LogP contribution in [0.1, 0.15) is 40.0 Å². The van der Waals surface area contributed by atoms with Gasteiger partial charge in [-0.25, -0.2) is 0 Å². The first kappa shape index (κ1) is 14.8. The van der Waals surface area contributed by atoms with Gasteiger partial charge in [0.05, 0.1) is 18.6 Å². The summed E-state index contributed by atoms with van der Waals surface area (Å²) in [6, 6.07) is 0.264. The average Bonchev–Trinajstić information content (AvgIpc) is 2.49. The SMILES string of the molecule is CC(C)(C)[Si](C)(C)O[C@@H]1CC(=O)N2CCC=CC[C@H]12. The van der Waals surface area contributed by atoms with Crippen LogP contribution >= 0.6 is 0 Å². The summed E-state index contributed by atoms with van der Waals surface area (Å²) in [5.41, 5.74) is 0. The number of hydrogen-bond donors (Lipinski definition) is 0. The van der Waals surface area contributed by atoms with E-state index < -0.39 is 8.32 Å². The van der Waals surface area contributed by atoms with Crippen LogP contribution in [0.4, 0.5) is 0 Å². The second-order valence-corrected chi connectivity index (χ2v) is 12.0. The van der Waals surface area contributed by atoms with Crippen molar-refractivity contribution in [1.29, 1.82) is 0 Å². The van der Waals surface area contributed by atoms with Gasteiger partial charge in [-0.05, 0) is 31.0 Å². The summed E-state index contributed by atoms with van der Waals surface area (Å²) in [7, 11) is -1.80. The lowest BCUT2D eigenvalue weighted by atomic mass is 10.1. The van der Waals surface area contributed by atoms with Gasteiger partial charge in [0.2, 0.25) is 5.91 Å². The number of amides is 1. The normalized spacial score (nSPS) is 28.5. The van der Waals surface area contributed by atoms with Crippen molar-refractivity contribution in [2.24, 2.45) is 0 Å². The van der Waals surface area contributed by atoms with Gasteiger partial charge in [-0.15, -0.1) is 0 Å². The molecule has 0 spiro atoms. The second-order valence-electron chi connectivity index (χ2n) is 7.27. The van der Waals surface area contributed by atoms with Gasteiger partial charge in [0, 0.05) is 6.54 Å². The lowest BCUT2D eigenvalue weighted by Gasteiger charge is -2.40. The van der Waals surface area contributed by atoms with Gasteiger partial charge >= 0.3 is 0 Å². The van der Waals surface area contributed by atoms with E-state index in [0.717, 1.165) is 19.4 Å². The van der Waals surface area contributed by atoms with Crippen molar-refractivity contribution in [2.45, 2.75) is 70.3 Å². The second kappa shape index (κ2) is 5.06. The van der Waals surface area contributed by atoms with E-state index in [-0.39, 0.29) is 23.1 Å². The minimum Gasteiger partial charge on any atom is -0.411 e. The first-order valence-electron chi connectivity index (χ1n) is 7.35. The smallest absolute Gasteiger partial charge is 0.225 e. The molecule has 0 aliphatic carbocycles. The summed E-state index contributed by atoms with van der Waals surface area (Å²) in [6.07, 6.45) is 7.00. The van der Waals surface area contributed by atoms with Gasteiger partial charge in [0.25, 0.3) is 0 Å². The van der Waals surface area contributed by atoms with E-state index in [1.165, 1.54) is 0 Å². The maximum Gasteiger partial charge on any atom is 0.225 e.